The van der Waals surface area contributed by atoms with E-state index in [1.165, 1.54) is 12.8 Å². The molecule has 0 unspecified atom stereocenters. The second kappa shape index (κ2) is 6.93. The zero-order valence-corrected chi connectivity index (χ0v) is 13.9. The first-order valence-corrected chi connectivity index (χ1v) is 8.24. The molecule has 120 valence electrons. The van der Waals surface area contributed by atoms with Gasteiger partial charge in [0, 0.05) is 19.6 Å². The maximum absolute atomic E-state index is 9.24. The van der Waals surface area contributed by atoms with Crippen LogP contribution >= 0.6 is 0 Å². The third kappa shape index (κ3) is 3.77. The highest BCUT2D eigenvalue weighted by Crippen LogP contribution is 2.21. The van der Waals surface area contributed by atoms with Crippen molar-refractivity contribution in [3.05, 3.63) is 47.0 Å². The highest BCUT2D eigenvalue weighted by Gasteiger charge is 2.22. The van der Waals surface area contributed by atoms with Crippen LogP contribution in [0.4, 0.5) is 0 Å². The lowest BCUT2D eigenvalue weighted by Crippen LogP contribution is -2.37. The Morgan fingerprint density at radius 1 is 1.30 bits per heavy atom. The van der Waals surface area contributed by atoms with Gasteiger partial charge in [0.25, 0.3) is 0 Å². The Hall–Kier alpha value is -2.19. The van der Waals surface area contributed by atoms with Crippen molar-refractivity contribution >= 4 is 0 Å². The Balaban J connectivity index is 1.64. The molecule has 0 spiro atoms. The van der Waals surface area contributed by atoms with Gasteiger partial charge in [0.15, 0.2) is 0 Å². The molecule has 3 rings (SSSR count). The summed E-state index contributed by atoms with van der Waals surface area (Å²) in [6.45, 7) is 7.90. The first kappa shape index (κ1) is 15.7. The Morgan fingerprint density at radius 3 is 2.87 bits per heavy atom. The second-order valence-electron chi connectivity index (χ2n) is 6.40. The largest absolute Gasteiger partial charge is 0.299 e. The molecule has 5 heteroatoms. The van der Waals surface area contributed by atoms with Gasteiger partial charge in [-0.25, -0.2) is 9.67 Å². The van der Waals surface area contributed by atoms with Gasteiger partial charge in [-0.1, -0.05) is 18.2 Å². The summed E-state index contributed by atoms with van der Waals surface area (Å²) >= 11 is 0. The number of piperidine rings is 1. The van der Waals surface area contributed by atoms with Crippen LogP contribution in [0.25, 0.3) is 0 Å². The van der Waals surface area contributed by atoms with Gasteiger partial charge in [0.05, 0.1) is 11.6 Å². The van der Waals surface area contributed by atoms with Crippen LogP contribution in [0.3, 0.4) is 0 Å². The molecule has 5 nitrogen and oxygen atoms in total. The monoisotopic (exact) mass is 309 g/mol. The predicted octanol–water partition coefficient (Wildman–Crippen LogP) is 2.68. The fourth-order valence-electron chi connectivity index (χ4n) is 3.43. The van der Waals surface area contributed by atoms with Crippen molar-refractivity contribution in [2.24, 2.45) is 5.92 Å². The summed E-state index contributed by atoms with van der Waals surface area (Å²) in [5, 5.41) is 13.7. The molecule has 0 N–H and O–H groups in total. The number of likely N-dealkylation sites (tertiary alicyclic amines) is 1. The first-order valence-electron chi connectivity index (χ1n) is 8.24. The number of rotatable bonds is 4. The van der Waals surface area contributed by atoms with Crippen molar-refractivity contribution < 1.29 is 0 Å². The van der Waals surface area contributed by atoms with Gasteiger partial charge in [-0.2, -0.15) is 10.4 Å². The quantitative estimate of drug-likeness (QED) is 0.871. The zero-order chi connectivity index (χ0) is 16.2. The molecule has 0 radical (unpaired) electrons. The number of aryl methyl sites for hydroxylation is 2. The summed E-state index contributed by atoms with van der Waals surface area (Å²) in [5.41, 5.74) is 1.92. The van der Waals surface area contributed by atoms with Crippen molar-refractivity contribution in [3.8, 4) is 6.07 Å². The molecule has 1 atom stereocenters. The average molecular weight is 309 g/mol. The molecule has 23 heavy (non-hydrogen) atoms. The van der Waals surface area contributed by atoms with Crippen LogP contribution in [0.1, 0.15) is 35.6 Å². The van der Waals surface area contributed by atoms with Gasteiger partial charge in [-0.05, 0) is 50.8 Å². The van der Waals surface area contributed by atoms with Gasteiger partial charge < -0.3 is 0 Å². The maximum Gasteiger partial charge on any atom is 0.147 e. The summed E-state index contributed by atoms with van der Waals surface area (Å²) in [5.74, 6) is 2.44. The minimum Gasteiger partial charge on any atom is -0.299 e. The van der Waals surface area contributed by atoms with E-state index in [9.17, 15) is 5.26 Å². The van der Waals surface area contributed by atoms with E-state index in [0.717, 1.165) is 49.0 Å². The Kier molecular flexibility index (Phi) is 4.73. The molecule has 1 aliphatic heterocycles. The van der Waals surface area contributed by atoms with E-state index in [1.807, 2.05) is 36.7 Å². The summed E-state index contributed by atoms with van der Waals surface area (Å²) in [6.07, 6.45) is 2.43. The van der Waals surface area contributed by atoms with Crippen LogP contribution in [0.5, 0.6) is 0 Å². The third-order valence-electron chi connectivity index (χ3n) is 4.53. The molecule has 1 aliphatic rings. The molecule has 0 bridgehead atoms. The molecule has 0 aliphatic carbocycles. The standard InChI is InChI=1S/C18H23N5/c1-14-20-15(2)23(21-14)12-16-6-5-9-22(11-16)13-18-8-4-3-7-17(18)10-19/h3-4,7-8,16H,5-6,9,11-13H2,1-2H3/t16-/m0/s1. The zero-order valence-electron chi connectivity index (χ0n) is 13.9. The number of hydrogen-bond acceptors (Lipinski definition) is 4. The van der Waals surface area contributed by atoms with E-state index in [4.69, 9.17) is 0 Å². The summed E-state index contributed by atoms with van der Waals surface area (Å²) in [7, 11) is 0. The lowest BCUT2D eigenvalue weighted by atomic mass is 9.97. The Bertz CT molecular complexity index is 712. The van der Waals surface area contributed by atoms with Gasteiger partial charge in [-0.3, -0.25) is 4.90 Å². The van der Waals surface area contributed by atoms with Crippen LogP contribution in [0.15, 0.2) is 24.3 Å². The maximum atomic E-state index is 9.24. The highest BCUT2D eigenvalue weighted by molar-refractivity contribution is 5.37. The van der Waals surface area contributed by atoms with E-state index in [-0.39, 0.29) is 0 Å². The fourth-order valence-corrected chi connectivity index (χ4v) is 3.43. The van der Waals surface area contributed by atoms with Crippen molar-refractivity contribution in [1.82, 2.24) is 19.7 Å². The van der Waals surface area contributed by atoms with Gasteiger partial charge >= 0.3 is 0 Å². The smallest absolute Gasteiger partial charge is 0.147 e. The van der Waals surface area contributed by atoms with Crippen LogP contribution in [-0.2, 0) is 13.1 Å². The number of nitriles is 1. The van der Waals surface area contributed by atoms with Crippen molar-refractivity contribution in [1.29, 1.82) is 5.26 Å². The van der Waals surface area contributed by atoms with Crippen LogP contribution in [0.2, 0.25) is 0 Å². The molecule has 1 aromatic heterocycles. The van der Waals surface area contributed by atoms with Crippen LogP contribution < -0.4 is 0 Å². The lowest BCUT2D eigenvalue weighted by molar-refractivity contribution is 0.152. The molecule has 2 aromatic rings. The predicted molar refractivity (Wildman–Crippen MR) is 88.7 cm³/mol. The van der Waals surface area contributed by atoms with E-state index in [1.54, 1.807) is 0 Å². The average Bonchev–Trinajstić information content (AvgIpc) is 2.86. The number of hydrogen-bond donors (Lipinski definition) is 0. The molecule has 0 amide bonds. The molecule has 1 aromatic carbocycles. The van der Waals surface area contributed by atoms with E-state index in [0.29, 0.717) is 5.92 Å². The van der Waals surface area contributed by atoms with Gasteiger partial charge in [-0.15, -0.1) is 0 Å². The highest BCUT2D eigenvalue weighted by atomic mass is 15.3. The normalized spacial score (nSPS) is 18.7. The van der Waals surface area contributed by atoms with Crippen LogP contribution in [-0.4, -0.2) is 32.8 Å². The Labute approximate surface area is 137 Å². The van der Waals surface area contributed by atoms with E-state index in [2.05, 4.69) is 27.1 Å². The first-order chi connectivity index (χ1) is 11.2. The molecule has 1 saturated heterocycles. The molecular formula is C18H23N5. The summed E-state index contributed by atoms with van der Waals surface area (Å²) in [4.78, 5) is 6.85. The van der Waals surface area contributed by atoms with Gasteiger partial charge in [0.2, 0.25) is 0 Å². The Morgan fingerprint density at radius 2 is 2.13 bits per heavy atom. The summed E-state index contributed by atoms with van der Waals surface area (Å²) in [6, 6.07) is 10.2. The fraction of sp³-hybridized carbons (Fsp3) is 0.500. The molecule has 0 saturated carbocycles. The van der Waals surface area contributed by atoms with E-state index >= 15 is 0 Å². The third-order valence-corrected chi connectivity index (χ3v) is 4.53. The number of benzene rings is 1. The van der Waals surface area contributed by atoms with Gasteiger partial charge in [0.1, 0.15) is 11.6 Å². The van der Waals surface area contributed by atoms with Crippen LogP contribution in [0, 0.1) is 31.1 Å². The molecule has 2 heterocycles. The topological polar surface area (TPSA) is 57.7 Å². The van der Waals surface area contributed by atoms with E-state index < -0.39 is 0 Å². The molecular weight excluding hydrogens is 286 g/mol. The van der Waals surface area contributed by atoms with Crippen molar-refractivity contribution in [2.75, 3.05) is 13.1 Å². The minimum absolute atomic E-state index is 0.595. The van der Waals surface area contributed by atoms with Crippen molar-refractivity contribution in [2.45, 2.75) is 39.8 Å². The molecule has 1 fully saturated rings. The number of aromatic nitrogens is 3. The number of nitrogens with zero attached hydrogens (tertiary/aromatic N) is 5. The SMILES string of the molecule is Cc1nc(C)n(C[C@H]2CCCN(Cc3ccccc3C#N)C2)n1. The minimum atomic E-state index is 0.595. The summed E-state index contributed by atoms with van der Waals surface area (Å²) < 4.78 is 2.03. The second-order valence-corrected chi connectivity index (χ2v) is 6.40. The lowest BCUT2D eigenvalue weighted by Gasteiger charge is -2.33. The van der Waals surface area contributed by atoms with Crippen molar-refractivity contribution in [3.63, 3.8) is 0 Å².